The Bertz CT molecular complexity index is 365. The Hall–Kier alpha value is -1.96. The topological polar surface area (TPSA) is 142 Å². The maximum atomic E-state index is 11.3. The van der Waals surface area contributed by atoms with Crippen molar-refractivity contribution in [2.75, 3.05) is 0 Å². The molecule has 0 aliphatic carbocycles. The third kappa shape index (κ3) is 2.76. The Balaban J connectivity index is 2.68. The van der Waals surface area contributed by atoms with Gasteiger partial charge in [-0.25, -0.2) is 10.2 Å². The summed E-state index contributed by atoms with van der Waals surface area (Å²) >= 11 is 0. The normalized spacial score (nSPS) is 21.9. The summed E-state index contributed by atoms with van der Waals surface area (Å²) in [5, 5.41) is 20.6. The van der Waals surface area contributed by atoms with E-state index in [4.69, 9.17) is 15.9 Å². The highest BCUT2D eigenvalue weighted by molar-refractivity contribution is 6.36. The Kier molecular flexibility index (Phi) is 3.56. The van der Waals surface area contributed by atoms with Gasteiger partial charge in [-0.05, 0) is 6.42 Å². The third-order valence-corrected chi connectivity index (χ3v) is 2.21. The van der Waals surface area contributed by atoms with Crippen molar-refractivity contribution < 1.29 is 24.6 Å². The number of hydrogen-bond acceptors (Lipinski definition) is 5. The lowest BCUT2D eigenvalue weighted by Gasteiger charge is -2.20. The molecule has 0 radical (unpaired) electrons. The van der Waals surface area contributed by atoms with E-state index in [0.717, 1.165) is 0 Å². The number of amides is 1. The molecule has 0 aromatic rings. The van der Waals surface area contributed by atoms with Crippen LogP contribution in [0.5, 0.6) is 0 Å². The molecule has 0 saturated heterocycles. The minimum Gasteiger partial charge on any atom is -0.480 e. The minimum atomic E-state index is -1.24. The maximum absolute atomic E-state index is 11.3. The summed E-state index contributed by atoms with van der Waals surface area (Å²) < 4.78 is 0. The molecule has 1 heterocycles. The summed E-state index contributed by atoms with van der Waals surface area (Å²) in [6, 6.07) is -1.19. The van der Waals surface area contributed by atoms with Crippen LogP contribution in [0, 0.1) is 5.92 Å². The van der Waals surface area contributed by atoms with Gasteiger partial charge in [-0.1, -0.05) is 0 Å². The van der Waals surface area contributed by atoms with Gasteiger partial charge in [0.05, 0.1) is 0 Å². The number of carboxylic acid groups (broad SMARTS) is 2. The third-order valence-electron chi connectivity index (χ3n) is 2.21. The second-order valence-corrected chi connectivity index (χ2v) is 3.42. The van der Waals surface area contributed by atoms with Gasteiger partial charge in [0.2, 0.25) is 5.91 Å². The molecule has 8 heteroatoms. The van der Waals surface area contributed by atoms with Crippen LogP contribution in [0.25, 0.3) is 0 Å². The molecular weight excluding hydrogens is 218 g/mol. The van der Waals surface area contributed by atoms with E-state index in [1.54, 1.807) is 0 Å². The Labute approximate surface area is 90.1 Å². The van der Waals surface area contributed by atoms with Crippen LogP contribution < -0.4 is 11.2 Å². The Morgan fingerprint density at radius 3 is 2.69 bits per heavy atom. The summed E-state index contributed by atoms with van der Waals surface area (Å²) in [5.41, 5.74) is 7.09. The smallest absolute Gasteiger partial charge is 0.352 e. The average Bonchev–Trinajstić information content (AvgIpc) is 2.20. The molecule has 1 amide bonds. The lowest BCUT2D eigenvalue weighted by atomic mass is 9.93. The standard InChI is InChI=1S/C8H11N3O5/c9-4(7(13)14)1-3-2-5(8(15)16)10-11-6(3)12/h3-4H,1-2,9H2,(H,11,12)(H,13,14)(H,15,16)/t3-,4-/m0/s1. The summed E-state index contributed by atoms with van der Waals surface area (Å²) in [7, 11) is 0. The highest BCUT2D eigenvalue weighted by atomic mass is 16.4. The monoisotopic (exact) mass is 229 g/mol. The number of aliphatic carboxylic acids is 2. The van der Waals surface area contributed by atoms with E-state index >= 15 is 0 Å². The van der Waals surface area contributed by atoms with E-state index in [-0.39, 0.29) is 18.6 Å². The summed E-state index contributed by atoms with van der Waals surface area (Å²) in [6.07, 6.45) is -0.227. The number of nitrogens with one attached hydrogen (secondary N) is 1. The highest BCUT2D eigenvalue weighted by Gasteiger charge is 2.31. The van der Waals surface area contributed by atoms with Crippen LogP contribution in [0.2, 0.25) is 0 Å². The van der Waals surface area contributed by atoms with Crippen LogP contribution in [-0.4, -0.2) is 39.8 Å². The van der Waals surface area contributed by atoms with Gasteiger partial charge in [0.1, 0.15) is 11.8 Å². The van der Waals surface area contributed by atoms with Crippen molar-refractivity contribution in [1.82, 2.24) is 5.43 Å². The van der Waals surface area contributed by atoms with Crippen molar-refractivity contribution in [1.29, 1.82) is 0 Å². The van der Waals surface area contributed by atoms with Gasteiger partial charge in [-0.2, -0.15) is 5.10 Å². The number of nitrogens with two attached hydrogens (primary N) is 1. The molecule has 1 rings (SSSR count). The van der Waals surface area contributed by atoms with Crippen molar-refractivity contribution in [2.24, 2.45) is 16.8 Å². The van der Waals surface area contributed by atoms with E-state index in [1.807, 2.05) is 5.43 Å². The van der Waals surface area contributed by atoms with Crippen molar-refractivity contribution in [2.45, 2.75) is 18.9 Å². The number of hydrogen-bond donors (Lipinski definition) is 4. The van der Waals surface area contributed by atoms with Crippen LogP contribution in [-0.2, 0) is 14.4 Å². The number of hydrazone groups is 1. The van der Waals surface area contributed by atoms with Gasteiger partial charge >= 0.3 is 11.9 Å². The molecule has 0 saturated carbocycles. The molecule has 1 aliphatic rings. The number of carboxylic acids is 2. The van der Waals surface area contributed by atoms with Gasteiger partial charge in [0.15, 0.2) is 0 Å². The van der Waals surface area contributed by atoms with Crippen LogP contribution >= 0.6 is 0 Å². The van der Waals surface area contributed by atoms with E-state index in [2.05, 4.69) is 5.10 Å². The predicted octanol–water partition coefficient (Wildman–Crippen LogP) is -1.63. The molecule has 2 atom stereocenters. The molecule has 88 valence electrons. The first-order valence-electron chi connectivity index (χ1n) is 4.50. The first-order chi connectivity index (χ1) is 7.41. The van der Waals surface area contributed by atoms with Crippen molar-refractivity contribution >= 4 is 23.6 Å². The van der Waals surface area contributed by atoms with E-state index in [0.29, 0.717) is 0 Å². The largest absolute Gasteiger partial charge is 0.480 e. The number of carbonyl (C=O) groups excluding carboxylic acids is 1. The zero-order chi connectivity index (χ0) is 12.3. The van der Waals surface area contributed by atoms with Crippen LogP contribution in [0.1, 0.15) is 12.8 Å². The molecule has 0 bridgehead atoms. The maximum Gasteiger partial charge on any atom is 0.352 e. The second-order valence-electron chi connectivity index (χ2n) is 3.42. The average molecular weight is 229 g/mol. The minimum absolute atomic E-state index is 0.109. The van der Waals surface area contributed by atoms with E-state index in [1.165, 1.54) is 0 Å². The van der Waals surface area contributed by atoms with E-state index < -0.39 is 29.8 Å². The summed E-state index contributed by atoms with van der Waals surface area (Å²) in [4.78, 5) is 32.3. The molecule has 16 heavy (non-hydrogen) atoms. The highest BCUT2D eigenvalue weighted by Crippen LogP contribution is 2.15. The Morgan fingerprint density at radius 2 is 2.19 bits per heavy atom. The molecule has 1 aliphatic heterocycles. The quantitative estimate of drug-likeness (QED) is 0.455. The molecule has 5 N–H and O–H groups in total. The number of nitrogens with zero attached hydrogens (tertiary/aromatic N) is 1. The van der Waals surface area contributed by atoms with Gasteiger partial charge in [0, 0.05) is 12.3 Å². The lowest BCUT2D eigenvalue weighted by Crippen LogP contribution is -2.42. The zero-order valence-corrected chi connectivity index (χ0v) is 8.21. The fourth-order valence-corrected chi connectivity index (χ4v) is 1.32. The number of carbonyl (C=O) groups is 3. The predicted molar refractivity (Wildman–Crippen MR) is 51.5 cm³/mol. The molecule has 0 unspecified atom stereocenters. The summed E-state index contributed by atoms with van der Waals surface area (Å²) in [6.45, 7) is 0. The van der Waals surface area contributed by atoms with Crippen molar-refractivity contribution in [3.05, 3.63) is 0 Å². The first-order valence-corrected chi connectivity index (χ1v) is 4.50. The van der Waals surface area contributed by atoms with Crippen LogP contribution in [0.4, 0.5) is 0 Å². The summed E-state index contributed by atoms with van der Waals surface area (Å²) in [5.74, 6) is -3.75. The van der Waals surface area contributed by atoms with Gasteiger partial charge < -0.3 is 15.9 Å². The molecule has 8 nitrogen and oxygen atoms in total. The van der Waals surface area contributed by atoms with Gasteiger partial charge in [-0.15, -0.1) is 0 Å². The number of rotatable bonds is 4. The fraction of sp³-hybridized carbons (Fsp3) is 0.500. The van der Waals surface area contributed by atoms with Crippen molar-refractivity contribution in [3.8, 4) is 0 Å². The Morgan fingerprint density at radius 1 is 1.56 bits per heavy atom. The van der Waals surface area contributed by atoms with Crippen LogP contribution in [0.15, 0.2) is 5.10 Å². The fourth-order valence-electron chi connectivity index (χ4n) is 1.32. The van der Waals surface area contributed by atoms with Crippen molar-refractivity contribution in [3.63, 3.8) is 0 Å². The molecule has 0 fully saturated rings. The first kappa shape index (κ1) is 12.1. The van der Waals surface area contributed by atoms with Crippen LogP contribution in [0.3, 0.4) is 0 Å². The zero-order valence-electron chi connectivity index (χ0n) is 8.21. The SMILES string of the molecule is N[C@@H](C[C@H]1CC(C(=O)O)=NNC1=O)C(=O)O. The molecule has 0 aromatic carbocycles. The van der Waals surface area contributed by atoms with Gasteiger partial charge in [-0.3, -0.25) is 9.59 Å². The molecular formula is C8H11N3O5. The lowest BCUT2D eigenvalue weighted by molar-refractivity contribution is -0.139. The van der Waals surface area contributed by atoms with E-state index in [9.17, 15) is 14.4 Å². The molecule has 0 spiro atoms. The second kappa shape index (κ2) is 4.71. The molecule has 0 aromatic heterocycles. The van der Waals surface area contributed by atoms with Gasteiger partial charge in [0.25, 0.3) is 0 Å².